The number of anilines is 1. The standard InChI is InChI=1S/C13H9ClN2OS/c14-12-4-3-10(6-9(12)8-15)16-13(17)7-11-2-1-5-18-11/h1-6H,7H2,(H,16,17). The summed E-state index contributed by atoms with van der Waals surface area (Å²) in [6, 6.07) is 10.6. The summed E-state index contributed by atoms with van der Waals surface area (Å²) in [6.45, 7) is 0. The molecule has 0 saturated carbocycles. The van der Waals surface area contributed by atoms with Gasteiger partial charge in [-0.1, -0.05) is 17.7 Å². The topological polar surface area (TPSA) is 52.9 Å². The Kier molecular flexibility index (Phi) is 3.98. The van der Waals surface area contributed by atoms with Crippen molar-refractivity contribution < 1.29 is 4.79 Å². The van der Waals surface area contributed by atoms with Crippen molar-refractivity contribution in [3.05, 3.63) is 51.2 Å². The number of hydrogen-bond donors (Lipinski definition) is 1. The molecule has 90 valence electrons. The summed E-state index contributed by atoms with van der Waals surface area (Å²) >= 11 is 7.35. The fraction of sp³-hybridized carbons (Fsp3) is 0.0769. The first-order chi connectivity index (χ1) is 8.69. The summed E-state index contributed by atoms with van der Waals surface area (Å²) in [5, 5.41) is 13.9. The molecule has 0 fully saturated rings. The van der Waals surface area contributed by atoms with Gasteiger partial charge < -0.3 is 5.32 Å². The van der Waals surface area contributed by atoms with Crippen molar-refractivity contribution in [3.63, 3.8) is 0 Å². The molecular weight excluding hydrogens is 268 g/mol. The van der Waals surface area contributed by atoms with Gasteiger partial charge in [-0.05, 0) is 29.6 Å². The Morgan fingerprint density at radius 1 is 1.44 bits per heavy atom. The molecule has 18 heavy (non-hydrogen) atoms. The van der Waals surface area contributed by atoms with E-state index in [-0.39, 0.29) is 5.91 Å². The highest BCUT2D eigenvalue weighted by Gasteiger charge is 2.06. The normalized spacial score (nSPS) is 9.78. The third-order valence-electron chi connectivity index (χ3n) is 2.29. The van der Waals surface area contributed by atoms with Crippen molar-refractivity contribution in [2.24, 2.45) is 0 Å². The maximum Gasteiger partial charge on any atom is 0.229 e. The molecule has 0 aliphatic carbocycles. The van der Waals surface area contributed by atoms with E-state index in [1.807, 2.05) is 23.6 Å². The average Bonchev–Trinajstić information content (AvgIpc) is 2.84. The summed E-state index contributed by atoms with van der Waals surface area (Å²) in [5.41, 5.74) is 0.933. The second-order valence-corrected chi connectivity index (χ2v) is 5.05. The molecule has 0 unspecified atom stereocenters. The first-order valence-corrected chi connectivity index (χ1v) is 6.46. The lowest BCUT2D eigenvalue weighted by atomic mass is 10.2. The molecule has 0 radical (unpaired) electrons. The van der Waals surface area contributed by atoms with Gasteiger partial charge in [-0.2, -0.15) is 5.26 Å². The van der Waals surface area contributed by atoms with Crippen molar-refractivity contribution in [1.82, 2.24) is 0 Å². The number of carbonyl (C=O) groups excluding carboxylic acids is 1. The monoisotopic (exact) mass is 276 g/mol. The van der Waals surface area contributed by atoms with Gasteiger partial charge in [0.05, 0.1) is 17.0 Å². The predicted octanol–water partition coefficient (Wildman–Crippen LogP) is 3.45. The lowest BCUT2D eigenvalue weighted by Gasteiger charge is -2.05. The minimum atomic E-state index is -0.108. The smallest absolute Gasteiger partial charge is 0.229 e. The summed E-state index contributed by atoms with van der Waals surface area (Å²) in [5.74, 6) is -0.108. The summed E-state index contributed by atoms with van der Waals surface area (Å²) < 4.78 is 0. The van der Waals surface area contributed by atoms with Gasteiger partial charge in [0.1, 0.15) is 6.07 Å². The van der Waals surface area contributed by atoms with Crippen LogP contribution in [-0.2, 0) is 11.2 Å². The molecule has 3 nitrogen and oxygen atoms in total. The van der Waals surface area contributed by atoms with Crippen LogP contribution in [0.4, 0.5) is 5.69 Å². The first kappa shape index (κ1) is 12.6. The van der Waals surface area contributed by atoms with E-state index in [2.05, 4.69) is 5.32 Å². The van der Waals surface area contributed by atoms with E-state index in [1.54, 1.807) is 18.2 Å². The molecule has 0 spiro atoms. The molecular formula is C13H9ClN2OS. The third kappa shape index (κ3) is 3.10. The zero-order valence-corrected chi connectivity index (χ0v) is 10.9. The molecule has 1 aromatic carbocycles. The number of nitrogens with zero attached hydrogens (tertiary/aromatic N) is 1. The van der Waals surface area contributed by atoms with Gasteiger partial charge in [-0.15, -0.1) is 11.3 Å². The van der Waals surface area contributed by atoms with E-state index in [4.69, 9.17) is 16.9 Å². The van der Waals surface area contributed by atoms with Crippen LogP contribution in [0.15, 0.2) is 35.7 Å². The molecule has 0 saturated heterocycles. The van der Waals surface area contributed by atoms with E-state index >= 15 is 0 Å². The molecule has 2 aromatic rings. The fourth-order valence-corrected chi connectivity index (χ4v) is 2.33. The molecule has 0 bridgehead atoms. The average molecular weight is 277 g/mol. The minimum Gasteiger partial charge on any atom is -0.326 e. The molecule has 1 N–H and O–H groups in total. The Morgan fingerprint density at radius 3 is 2.94 bits per heavy atom. The zero-order chi connectivity index (χ0) is 13.0. The van der Waals surface area contributed by atoms with E-state index in [9.17, 15) is 4.79 Å². The van der Waals surface area contributed by atoms with E-state index in [0.717, 1.165) is 4.88 Å². The van der Waals surface area contributed by atoms with Crippen LogP contribution in [0, 0.1) is 11.3 Å². The lowest BCUT2D eigenvalue weighted by Crippen LogP contribution is -2.13. The third-order valence-corrected chi connectivity index (χ3v) is 3.49. The zero-order valence-electron chi connectivity index (χ0n) is 9.31. The SMILES string of the molecule is N#Cc1cc(NC(=O)Cc2cccs2)ccc1Cl. The van der Waals surface area contributed by atoms with E-state index < -0.39 is 0 Å². The summed E-state index contributed by atoms with van der Waals surface area (Å²) in [6.07, 6.45) is 0.335. The van der Waals surface area contributed by atoms with Crippen LogP contribution >= 0.6 is 22.9 Å². The Balaban J connectivity index is 2.05. The summed E-state index contributed by atoms with van der Waals surface area (Å²) in [4.78, 5) is 12.7. The number of thiophene rings is 1. The molecule has 2 rings (SSSR count). The van der Waals surface area contributed by atoms with Crippen molar-refractivity contribution in [1.29, 1.82) is 5.26 Å². The largest absolute Gasteiger partial charge is 0.326 e. The maximum absolute atomic E-state index is 11.7. The molecule has 5 heteroatoms. The molecule has 0 aliphatic rings. The van der Waals surface area contributed by atoms with Crippen LogP contribution in [0.3, 0.4) is 0 Å². The van der Waals surface area contributed by atoms with Crippen LogP contribution in [0.1, 0.15) is 10.4 Å². The van der Waals surface area contributed by atoms with Crippen molar-refractivity contribution in [2.75, 3.05) is 5.32 Å². The fourth-order valence-electron chi connectivity index (χ4n) is 1.47. The summed E-state index contributed by atoms with van der Waals surface area (Å²) in [7, 11) is 0. The number of carbonyl (C=O) groups is 1. The van der Waals surface area contributed by atoms with Gasteiger partial charge in [0.25, 0.3) is 0 Å². The Morgan fingerprint density at radius 2 is 2.28 bits per heavy atom. The quantitative estimate of drug-likeness (QED) is 0.933. The Bertz CT molecular complexity index is 602. The Labute approximate surface area is 114 Å². The van der Waals surface area contributed by atoms with Crippen LogP contribution < -0.4 is 5.32 Å². The van der Waals surface area contributed by atoms with Crippen LogP contribution in [0.5, 0.6) is 0 Å². The second-order valence-electron chi connectivity index (χ2n) is 3.61. The maximum atomic E-state index is 11.7. The molecule has 1 aromatic heterocycles. The van der Waals surface area contributed by atoms with Crippen LogP contribution in [-0.4, -0.2) is 5.91 Å². The molecule has 1 amide bonds. The van der Waals surface area contributed by atoms with Crippen molar-refractivity contribution >= 4 is 34.5 Å². The number of benzene rings is 1. The molecule has 0 atom stereocenters. The van der Waals surface area contributed by atoms with Crippen molar-refractivity contribution in [3.8, 4) is 6.07 Å². The number of rotatable bonds is 3. The van der Waals surface area contributed by atoms with Crippen LogP contribution in [0.25, 0.3) is 0 Å². The highest BCUT2D eigenvalue weighted by Crippen LogP contribution is 2.20. The number of hydrogen-bond acceptors (Lipinski definition) is 3. The van der Waals surface area contributed by atoms with E-state index in [1.165, 1.54) is 11.3 Å². The number of halogens is 1. The highest BCUT2D eigenvalue weighted by molar-refractivity contribution is 7.10. The number of nitriles is 1. The van der Waals surface area contributed by atoms with Gasteiger partial charge in [0.15, 0.2) is 0 Å². The number of amides is 1. The number of nitrogens with one attached hydrogen (secondary N) is 1. The first-order valence-electron chi connectivity index (χ1n) is 5.21. The van der Waals surface area contributed by atoms with Gasteiger partial charge in [-0.25, -0.2) is 0 Å². The van der Waals surface area contributed by atoms with Gasteiger partial charge in [0.2, 0.25) is 5.91 Å². The predicted molar refractivity (Wildman–Crippen MR) is 72.8 cm³/mol. The van der Waals surface area contributed by atoms with Crippen molar-refractivity contribution in [2.45, 2.75) is 6.42 Å². The van der Waals surface area contributed by atoms with Gasteiger partial charge in [-0.3, -0.25) is 4.79 Å². The highest BCUT2D eigenvalue weighted by atomic mass is 35.5. The minimum absolute atomic E-state index is 0.108. The lowest BCUT2D eigenvalue weighted by molar-refractivity contribution is -0.115. The van der Waals surface area contributed by atoms with Gasteiger partial charge >= 0.3 is 0 Å². The molecule has 0 aliphatic heterocycles. The van der Waals surface area contributed by atoms with Crippen LogP contribution in [0.2, 0.25) is 5.02 Å². The van der Waals surface area contributed by atoms with E-state index in [0.29, 0.717) is 22.7 Å². The Hall–Kier alpha value is -1.83. The second kappa shape index (κ2) is 5.67. The van der Waals surface area contributed by atoms with Gasteiger partial charge in [0, 0.05) is 10.6 Å². The molecule has 1 heterocycles.